The minimum absolute atomic E-state index is 0.0731. The van der Waals surface area contributed by atoms with E-state index in [-0.39, 0.29) is 11.8 Å². The Bertz CT molecular complexity index is 657. The molecular formula is C17H17ClN2O. The molecule has 1 unspecified atom stereocenters. The molecule has 1 aliphatic rings. The van der Waals surface area contributed by atoms with Crippen LogP contribution in [-0.4, -0.2) is 12.5 Å². The number of benzene rings is 2. The fraction of sp³-hybridized carbons (Fsp3) is 0.235. The minimum atomic E-state index is -0.0818. The molecule has 0 bridgehead atoms. The van der Waals surface area contributed by atoms with Gasteiger partial charge < -0.3 is 10.6 Å². The van der Waals surface area contributed by atoms with Gasteiger partial charge in [0.25, 0.3) is 0 Å². The molecule has 108 valence electrons. The third-order valence-electron chi connectivity index (χ3n) is 3.76. The second-order valence-electron chi connectivity index (χ2n) is 5.20. The molecule has 0 aliphatic carbocycles. The van der Waals surface area contributed by atoms with Crippen LogP contribution in [0.3, 0.4) is 0 Å². The Kier molecular flexibility index (Phi) is 4.11. The standard InChI is InChI=1S/C17H17ClN2O/c18-13-5-3-4-12(10-13)11-20-17(21)15-8-9-19-16-7-2-1-6-14(15)16/h1-7,10,15,19H,8-9,11H2,(H,20,21). The highest BCUT2D eigenvalue weighted by atomic mass is 35.5. The van der Waals surface area contributed by atoms with Crippen molar-refractivity contribution in [1.29, 1.82) is 0 Å². The summed E-state index contributed by atoms with van der Waals surface area (Å²) in [5.41, 5.74) is 3.15. The predicted molar refractivity (Wildman–Crippen MR) is 85.6 cm³/mol. The van der Waals surface area contributed by atoms with Crippen molar-refractivity contribution in [3.63, 3.8) is 0 Å². The van der Waals surface area contributed by atoms with Gasteiger partial charge in [-0.05, 0) is 35.7 Å². The average Bonchev–Trinajstić information content (AvgIpc) is 2.52. The van der Waals surface area contributed by atoms with Gasteiger partial charge in [-0.1, -0.05) is 41.9 Å². The molecule has 0 radical (unpaired) electrons. The maximum atomic E-state index is 12.4. The number of nitrogens with one attached hydrogen (secondary N) is 2. The van der Waals surface area contributed by atoms with Gasteiger partial charge in [-0.15, -0.1) is 0 Å². The predicted octanol–water partition coefficient (Wildman–Crippen LogP) is 3.56. The van der Waals surface area contributed by atoms with Gasteiger partial charge in [-0.3, -0.25) is 4.79 Å². The van der Waals surface area contributed by atoms with E-state index in [9.17, 15) is 4.79 Å². The Morgan fingerprint density at radius 1 is 1.24 bits per heavy atom. The van der Waals surface area contributed by atoms with Crippen LogP contribution in [0.25, 0.3) is 0 Å². The third kappa shape index (κ3) is 3.19. The molecular weight excluding hydrogens is 284 g/mol. The van der Waals surface area contributed by atoms with Crippen molar-refractivity contribution in [3.8, 4) is 0 Å². The summed E-state index contributed by atoms with van der Waals surface area (Å²) >= 11 is 5.95. The summed E-state index contributed by atoms with van der Waals surface area (Å²) in [6.07, 6.45) is 0.818. The summed E-state index contributed by atoms with van der Waals surface area (Å²) < 4.78 is 0. The van der Waals surface area contributed by atoms with Crippen LogP contribution >= 0.6 is 11.6 Å². The van der Waals surface area contributed by atoms with Crippen molar-refractivity contribution in [2.24, 2.45) is 0 Å². The summed E-state index contributed by atoms with van der Waals surface area (Å²) in [6.45, 7) is 1.33. The topological polar surface area (TPSA) is 41.1 Å². The van der Waals surface area contributed by atoms with E-state index in [0.717, 1.165) is 29.8 Å². The van der Waals surface area contributed by atoms with E-state index in [0.29, 0.717) is 11.6 Å². The van der Waals surface area contributed by atoms with E-state index in [1.807, 2.05) is 48.5 Å². The number of carbonyl (C=O) groups is 1. The van der Waals surface area contributed by atoms with Gasteiger partial charge in [-0.2, -0.15) is 0 Å². The van der Waals surface area contributed by atoms with E-state index in [4.69, 9.17) is 11.6 Å². The quantitative estimate of drug-likeness (QED) is 0.910. The average molecular weight is 301 g/mol. The molecule has 3 rings (SSSR count). The fourth-order valence-electron chi connectivity index (χ4n) is 2.70. The van der Waals surface area contributed by atoms with Crippen LogP contribution in [0.5, 0.6) is 0 Å². The summed E-state index contributed by atoms with van der Waals surface area (Å²) in [4.78, 5) is 12.4. The van der Waals surface area contributed by atoms with E-state index in [1.54, 1.807) is 0 Å². The summed E-state index contributed by atoms with van der Waals surface area (Å²) in [5.74, 6) is -0.00874. The molecule has 4 heteroatoms. The molecule has 21 heavy (non-hydrogen) atoms. The zero-order valence-corrected chi connectivity index (χ0v) is 12.4. The molecule has 1 atom stereocenters. The summed E-state index contributed by atoms with van der Waals surface area (Å²) in [7, 11) is 0. The van der Waals surface area contributed by atoms with Crippen LogP contribution < -0.4 is 10.6 Å². The lowest BCUT2D eigenvalue weighted by Gasteiger charge is -2.25. The van der Waals surface area contributed by atoms with Crippen molar-refractivity contribution < 1.29 is 4.79 Å². The van der Waals surface area contributed by atoms with E-state index < -0.39 is 0 Å². The Morgan fingerprint density at radius 3 is 2.95 bits per heavy atom. The number of carbonyl (C=O) groups excluding carboxylic acids is 1. The van der Waals surface area contributed by atoms with Crippen molar-refractivity contribution in [3.05, 3.63) is 64.7 Å². The number of hydrogen-bond acceptors (Lipinski definition) is 2. The summed E-state index contributed by atoms with van der Waals surface area (Å²) in [5, 5.41) is 7.03. The lowest BCUT2D eigenvalue weighted by Crippen LogP contribution is -2.32. The Labute approximate surface area is 129 Å². The SMILES string of the molecule is O=C(NCc1cccc(Cl)c1)C1CCNc2ccccc21. The molecule has 3 nitrogen and oxygen atoms in total. The van der Waals surface area contributed by atoms with Crippen LogP contribution in [0.4, 0.5) is 5.69 Å². The smallest absolute Gasteiger partial charge is 0.227 e. The first-order valence-electron chi connectivity index (χ1n) is 7.09. The van der Waals surface area contributed by atoms with Gasteiger partial charge in [0.1, 0.15) is 0 Å². The monoisotopic (exact) mass is 300 g/mol. The minimum Gasteiger partial charge on any atom is -0.385 e. The normalized spacial score (nSPS) is 16.7. The molecule has 2 aromatic rings. The van der Waals surface area contributed by atoms with E-state index in [1.165, 1.54) is 0 Å². The Morgan fingerprint density at radius 2 is 2.10 bits per heavy atom. The van der Waals surface area contributed by atoms with Crippen LogP contribution in [0.2, 0.25) is 5.02 Å². The first kappa shape index (κ1) is 14.0. The van der Waals surface area contributed by atoms with Crippen molar-refractivity contribution >= 4 is 23.2 Å². The largest absolute Gasteiger partial charge is 0.385 e. The number of para-hydroxylation sites is 1. The number of amides is 1. The van der Waals surface area contributed by atoms with Crippen molar-refractivity contribution in [2.75, 3.05) is 11.9 Å². The van der Waals surface area contributed by atoms with Crippen molar-refractivity contribution in [1.82, 2.24) is 5.32 Å². The van der Waals surface area contributed by atoms with Crippen LogP contribution in [0, 0.1) is 0 Å². The van der Waals surface area contributed by atoms with Gasteiger partial charge in [0, 0.05) is 23.8 Å². The molecule has 0 saturated heterocycles. The fourth-order valence-corrected chi connectivity index (χ4v) is 2.91. The number of rotatable bonds is 3. The number of anilines is 1. The summed E-state index contributed by atoms with van der Waals surface area (Å²) in [6, 6.07) is 15.6. The molecule has 1 heterocycles. The van der Waals surface area contributed by atoms with Gasteiger partial charge in [-0.25, -0.2) is 0 Å². The van der Waals surface area contributed by atoms with Crippen molar-refractivity contribution in [2.45, 2.75) is 18.9 Å². The molecule has 1 aliphatic heterocycles. The maximum Gasteiger partial charge on any atom is 0.227 e. The second kappa shape index (κ2) is 6.19. The third-order valence-corrected chi connectivity index (χ3v) is 3.99. The zero-order chi connectivity index (χ0) is 14.7. The van der Waals surface area contributed by atoms with E-state index in [2.05, 4.69) is 10.6 Å². The number of hydrogen-bond donors (Lipinski definition) is 2. The maximum absolute atomic E-state index is 12.4. The highest BCUT2D eigenvalue weighted by molar-refractivity contribution is 6.30. The highest BCUT2D eigenvalue weighted by Gasteiger charge is 2.25. The van der Waals surface area contributed by atoms with Gasteiger partial charge in [0.15, 0.2) is 0 Å². The lowest BCUT2D eigenvalue weighted by atomic mass is 9.90. The van der Waals surface area contributed by atoms with Gasteiger partial charge in [0.2, 0.25) is 5.91 Å². The molecule has 0 saturated carbocycles. The molecule has 0 aromatic heterocycles. The first-order chi connectivity index (χ1) is 10.2. The zero-order valence-electron chi connectivity index (χ0n) is 11.6. The van der Waals surface area contributed by atoms with Crippen LogP contribution in [0.15, 0.2) is 48.5 Å². The Hall–Kier alpha value is -2.00. The number of fused-ring (bicyclic) bond motifs is 1. The second-order valence-corrected chi connectivity index (χ2v) is 5.64. The lowest BCUT2D eigenvalue weighted by molar-refractivity contribution is -0.122. The van der Waals surface area contributed by atoms with Gasteiger partial charge in [0.05, 0.1) is 5.92 Å². The first-order valence-corrected chi connectivity index (χ1v) is 7.47. The molecule has 0 spiro atoms. The van der Waals surface area contributed by atoms with Gasteiger partial charge >= 0.3 is 0 Å². The van der Waals surface area contributed by atoms with E-state index >= 15 is 0 Å². The highest BCUT2D eigenvalue weighted by Crippen LogP contribution is 2.31. The van der Waals surface area contributed by atoms with Crippen LogP contribution in [0.1, 0.15) is 23.5 Å². The molecule has 0 fully saturated rings. The molecule has 2 N–H and O–H groups in total. The van der Waals surface area contributed by atoms with Crippen LogP contribution in [-0.2, 0) is 11.3 Å². The molecule has 1 amide bonds. The molecule has 2 aromatic carbocycles. The Balaban J connectivity index is 1.69. The number of halogens is 1.